The molecule has 2 aliphatic carbocycles. The van der Waals surface area contributed by atoms with Crippen LogP contribution in [0.15, 0.2) is 23.8 Å². The van der Waals surface area contributed by atoms with Gasteiger partial charge in [0.15, 0.2) is 0 Å². The maximum atomic E-state index is 5.18. The third-order valence-corrected chi connectivity index (χ3v) is 3.40. The Bertz CT molecular complexity index is 247. The van der Waals surface area contributed by atoms with E-state index in [0.29, 0.717) is 6.10 Å². The van der Waals surface area contributed by atoms with Gasteiger partial charge in [0.05, 0.1) is 13.2 Å². The van der Waals surface area contributed by atoms with Crippen LogP contribution in [0.4, 0.5) is 0 Å². The van der Waals surface area contributed by atoms with Crippen LogP contribution in [0.2, 0.25) is 0 Å². The minimum absolute atomic E-state index is 0.319. The van der Waals surface area contributed by atoms with E-state index in [1.165, 1.54) is 25.7 Å². The molecule has 0 saturated heterocycles. The summed E-state index contributed by atoms with van der Waals surface area (Å²) in [5.41, 5.74) is 1.55. The lowest BCUT2D eigenvalue weighted by molar-refractivity contribution is -0.309. The highest BCUT2D eigenvalue weighted by Gasteiger charge is 2.24. The molecule has 2 aliphatic rings. The SMILES string of the molecule is COOC1CCC(C2=CCCC=C2)CC1. The average molecular weight is 208 g/mol. The van der Waals surface area contributed by atoms with E-state index >= 15 is 0 Å². The summed E-state index contributed by atoms with van der Waals surface area (Å²) < 4.78 is 0. The third kappa shape index (κ3) is 2.93. The lowest BCUT2D eigenvalue weighted by Crippen LogP contribution is -2.22. The van der Waals surface area contributed by atoms with Crippen LogP contribution in [-0.4, -0.2) is 13.2 Å². The molecule has 0 aromatic carbocycles. The molecule has 0 atom stereocenters. The van der Waals surface area contributed by atoms with Crippen LogP contribution in [0.1, 0.15) is 38.5 Å². The first-order valence-corrected chi connectivity index (χ1v) is 5.96. The van der Waals surface area contributed by atoms with Gasteiger partial charge in [0.25, 0.3) is 0 Å². The zero-order valence-corrected chi connectivity index (χ0v) is 9.45. The minimum atomic E-state index is 0.319. The van der Waals surface area contributed by atoms with Crippen molar-refractivity contribution in [1.82, 2.24) is 0 Å². The Kier molecular flexibility index (Phi) is 3.98. The molecule has 0 N–H and O–H groups in total. The molecule has 0 heterocycles. The van der Waals surface area contributed by atoms with Crippen molar-refractivity contribution in [2.24, 2.45) is 5.92 Å². The Morgan fingerprint density at radius 1 is 1.13 bits per heavy atom. The second-order valence-electron chi connectivity index (χ2n) is 4.42. The summed E-state index contributed by atoms with van der Waals surface area (Å²) in [7, 11) is 1.60. The van der Waals surface area contributed by atoms with Gasteiger partial charge >= 0.3 is 0 Å². The van der Waals surface area contributed by atoms with E-state index in [1.807, 2.05) is 0 Å². The first kappa shape index (κ1) is 10.9. The lowest BCUT2D eigenvalue weighted by atomic mass is 9.81. The molecule has 1 fully saturated rings. The highest BCUT2D eigenvalue weighted by Crippen LogP contribution is 2.33. The Labute approximate surface area is 91.9 Å². The zero-order valence-electron chi connectivity index (χ0n) is 9.45. The molecule has 0 aromatic heterocycles. The van der Waals surface area contributed by atoms with Gasteiger partial charge in [-0.25, -0.2) is 9.78 Å². The van der Waals surface area contributed by atoms with E-state index in [2.05, 4.69) is 18.2 Å². The molecule has 2 rings (SSSR count). The molecule has 0 bridgehead atoms. The summed E-state index contributed by atoms with van der Waals surface area (Å²) in [5, 5.41) is 0. The van der Waals surface area contributed by atoms with Crippen molar-refractivity contribution >= 4 is 0 Å². The van der Waals surface area contributed by atoms with Crippen LogP contribution in [-0.2, 0) is 9.78 Å². The molecule has 0 amide bonds. The number of hydrogen-bond donors (Lipinski definition) is 0. The molecule has 15 heavy (non-hydrogen) atoms. The second-order valence-corrected chi connectivity index (χ2v) is 4.42. The molecule has 2 heteroatoms. The molecule has 1 saturated carbocycles. The smallest absolute Gasteiger partial charge is 0.0930 e. The van der Waals surface area contributed by atoms with Gasteiger partial charge < -0.3 is 0 Å². The lowest BCUT2D eigenvalue weighted by Gasteiger charge is -2.28. The van der Waals surface area contributed by atoms with Gasteiger partial charge in [-0.05, 0) is 50.0 Å². The van der Waals surface area contributed by atoms with Crippen LogP contribution < -0.4 is 0 Å². The Morgan fingerprint density at radius 3 is 2.53 bits per heavy atom. The number of allylic oxidation sites excluding steroid dienone is 4. The van der Waals surface area contributed by atoms with Crippen LogP contribution >= 0.6 is 0 Å². The van der Waals surface area contributed by atoms with Crippen molar-refractivity contribution in [3.63, 3.8) is 0 Å². The molecule has 0 spiro atoms. The van der Waals surface area contributed by atoms with Crippen LogP contribution in [0.3, 0.4) is 0 Å². The van der Waals surface area contributed by atoms with Crippen molar-refractivity contribution in [2.75, 3.05) is 7.11 Å². The molecule has 0 radical (unpaired) electrons. The summed E-state index contributed by atoms with van der Waals surface area (Å²) >= 11 is 0. The van der Waals surface area contributed by atoms with Crippen LogP contribution in [0.25, 0.3) is 0 Å². The molecule has 2 nitrogen and oxygen atoms in total. The fraction of sp³-hybridized carbons (Fsp3) is 0.692. The summed E-state index contributed by atoms with van der Waals surface area (Å²) in [4.78, 5) is 9.91. The van der Waals surface area contributed by atoms with E-state index in [4.69, 9.17) is 9.78 Å². The van der Waals surface area contributed by atoms with Crippen molar-refractivity contribution in [3.8, 4) is 0 Å². The molecule has 0 aliphatic heterocycles. The first-order valence-electron chi connectivity index (χ1n) is 5.96. The fourth-order valence-electron chi connectivity index (χ4n) is 2.56. The standard InChI is InChI=1S/C13H20O2/c1-14-15-13-9-7-12(8-10-13)11-5-3-2-4-6-11/h3,5-6,12-13H,2,4,7-10H2,1H3. The predicted molar refractivity (Wildman–Crippen MR) is 60.3 cm³/mol. The summed E-state index contributed by atoms with van der Waals surface area (Å²) in [6.07, 6.45) is 14.5. The topological polar surface area (TPSA) is 18.5 Å². The average Bonchev–Trinajstić information content (AvgIpc) is 2.32. The molecule has 84 valence electrons. The molecular formula is C13H20O2. The third-order valence-electron chi connectivity index (χ3n) is 3.40. The maximum absolute atomic E-state index is 5.18. The van der Waals surface area contributed by atoms with Crippen molar-refractivity contribution in [3.05, 3.63) is 23.8 Å². The summed E-state index contributed by atoms with van der Waals surface area (Å²) in [5.74, 6) is 0.762. The first-order chi connectivity index (χ1) is 7.40. The summed E-state index contributed by atoms with van der Waals surface area (Å²) in [6, 6.07) is 0. The van der Waals surface area contributed by atoms with Gasteiger partial charge in [-0.3, -0.25) is 0 Å². The van der Waals surface area contributed by atoms with Crippen molar-refractivity contribution < 1.29 is 9.78 Å². The Balaban J connectivity index is 1.82. The highest BCUT2D eigenvalue weighted by molar-refractivity contribution is 5.25. The van der Waals surface area contributed by atoms with Crippen molar-refractivity contribution in [1.29, 1.82) is 0 Å². The van der Waals surface area contributed by atoms with Gasteiger partial charge in [-0.15, -0.1) is 0 Å². The van der Waals surface area contributed by atoms with Gasteiger partial charge in [-0.2, -0.15) is 0 Å². The normalized spacial score (nSPS) is 31.4. The second kappa shape index (κ2) is 5.47. The van der Waals surface area contributed by atoms with Crippen molar-refractivity contribution in [2.45, 2.75) is 44.6 Å². The van der Waals surface area contributed by atoms with Gasteiger partial charge in [0.1, 0.15) is 0 Å². The predicted octanol–water partition coefficient (Wildman–Crippen LogP) is 3.40. The van der Waals surface area contributed by atoms with E-state index < -0.39 is 0 Å². The largest absolute Gasteiger partial charge is 0.240 e. The van der Waals surface area contributed by atoms with Crippen LogP contribution in [0.5, 0.6) is 0 Å². The van der Waals surface area contributed by atoms with Gasteiger partial charge in [-0.1, -0.05) is 18.2 Å². The quantitative estimate of drug-likeness (QED) is 0.523. The van der Waals surface area contributed by atoms with Gasteiger partial charge in [0.2, 0.25) is 0 Å². The minimum Gasteiger partial charge on any atom is -0.240 e. The molecule has 0 aromatic rings. The highest BCUT2D eigenvalue weighted by atomic mass is 17.2. The zero-order chi connectivity index (χ0) is 10.5. The van der Waals surface area contributed by atoms with E-state index in [-0.39, 0.29) is 0 Å². The molecule has 0 unspecified atom stereocenters. The maximum Gasteiger partial charge on any atom is 0.0930 e. The molecular weight excluding hydrogens is 188 g/mol. The van der Waals surface area contributed by atoms with Gasteiger partial charge in [0, 0.05) is 0 Å². The number of rotatable bonds is 3. The van der Waals surface area contributed by atoms with Crippen LogP contribution in [0, 0.1) is 5.92 Å². The monoisotopic (exact) mass is 208 g/mol. The fourth-order valence-corrected chi connectivity index (χ4v) is 2.56. The summed E-state index contributed by atoms with van der Waals surface area (Å²) in [6.45, 7) is 0. The van der Waals surface area contributed by atoms with E-state index in [0.717, 1.165) is 18.8 Å². The Morgan fingerprint density at radius 2 is 1.93 bits per heavy atom. The Hall–Kier alpha value is -0.600. The number of hydrogen-bond acceptors (Lipinski definition) is 2. The van der Waals surface area contributed by atoms with E-state index in [9.17, 15) is 0 Å². The van der Waals surface area contributed by atoms with E-state index in [1.54, 1.807) is 12.7 Å².